The predicted octanol–water partition coefficient (Wildman–Crippen LogP) is 5.04. The molecule has 1 unspecified atom stereocenters. The summed E-state index contributed by atoms with van der Waals surface area (Å²) in [6, 6.07) is 12.6. The minimum absolute atomic E-state index is 0.287. The molecule has 4 amide bonds. The van der Waals surface area contributed by atoms with Gasteiger partial charge in [-0.2, -0.15) is 0 Å². The number of hydrogen-bond donors (Lipinski definition) is 3. The van der Waals surface area contributed by atoms with Gasteiger partial charge in [0.05, 0.1) is 24.8 Å². The molecule has 0 aromatic heterocycles. The third-order valence-corrected chi connectivity index (χ3v) is 5.41. The number of ether oxygens (including phenoxy) is 2. The van der Waals surface area contributed by atoms with Gasteiger partial charge in [0, 0.05) is 29.7 Å². The molecule has 3 rings (SSSR count). The highest BCUT2D eigenvalue weighted by Crippen LogP contribution is 2.33. The number of carbonyl (C=O) groups is 3. The second kappa shape index (κ2) is 11.4. The Morgan fingerprint density at radius 3 is 2.37 bits per heavy atom. The number of nitrogens with one attached hydrogen (secondary N) is 3. The van der Waals surface area contributed by atoms with Crippen molar-refractivity contribution in [3.8, 4) is 5.75 Å². The van der Waals surface area contributed by atoms with Crippen molar-refractivity contribution in [2.45, 2.75) is 46.3 Å². The fourth-order valence-corrected chi connectivity index (χ4v) is 3.86. The summed E-state index contributed by atoms with van der Waals surface area (Å²) in [4.78, 5) is 40.0. The first-order chi connectivity index (χ1) is 16.7. The number of hydrogen-bond acceptors (Lipinski definition) is 5. The number of carbonyl (C=O) groups excluding carboxylic acids is 3. The highest BCUT2D eigenvalue weighted by atomic mass is 16.5. The van der Waals surface area contributed by atoms with E-state index in [0.29, 0.717) is 40.5 Å². The maximum Gasteiger partial charge on any atom is 0.338 e. The molecule has 0 saturated heterocycles. The van der Waals surface area contributed by atoms with Gasteiger partial charge < -0.3 is 25.4 Å². The van der Waals surface area contributed by atoms with E-state index in [9.17, 15) is 14.4 Å². The normalized spacial score (nSPS) is 15.5. The third-order valence-electron chi connectivity index (χ3n) is 5.41. The Morgan fingerprint density at radius 1 is 1.09 bits per heavy atom. The number of benzene rings is 2. The summed E-state index contributed by atoms with van der Waals surface area (Å²) in [6.07, 6.45) is 0.429. The molecule has 9 heteroatoms. The smallest absolute Gasteiger partial charge is 0.338 e. The summed E-state index contributed by atoms with van der Waals surface area (Å²) in [5, 5.41) is 8.47. The first-order valence-electron chi connectivity index (χ1n) is 11.5. The number of amides is 4. The van der Waals surface area contributed by atoms with E-state index in [1.807, 2.05) is 6.92 Å². The van der Waals surface area contributed by atoms with E-state index < -0.39 is 18.0 Å². The van der Waals surface area contributed by atoms with Crippen molar-refractivity contribution in [1.82, 2.24) is 10.2 Å². The Kier molecular flexibility index (Phi) is 8.35. The Bertz CT molecular complexity index is 1130. The number of esters is 1. The van der Waals surface area contributed by atoms with Crippen LogP contribution in [0.5, 0.6) is 5.75 Å². The molecule has 35 heavy (non-hydrogen) atoms. The molecule has 0 aliphatic carbocycles. The zero-order valence-electron chi connectivity index (χ0n) is 20.7. The van der Waals surface area contributed by atoms with Gasteiger partial charge in [0.2, 0.25) is 0 Å². The lowest BCUT2D eigenvalue weighted by molar-refractivity contribution is -0.143. The Hall–Kier alpha value is -4.01. The standard InChI is InChI=1S/C26H32N4O5/c1-6-13-30-17(4)22(24(31)35-16(2)3)23(29-26(30)33)18-9-7-10-19(14-18)27-25(32)28-20-11-8-12-21(15-20)34-5/h7-12,14-16,23H,6,13H2,1-5H3,(H,29,33)(H2,27,28,32). The van der Waals surface area contributed by atoms with Gasteiger partial charge in [-0.3, -0.25) is 4.90 Å². The van der Waals surface area contributed by atoms with Gasteiger partial charge in [0.15, 0.2) is 0 Å². The number of rotatable bonds is 8. The zero-order valence-corrected chi connectivity index (χ0v) is 20.7. The topological polar surface area (TPSA) is 109 Å². The molecule has 1 aliphatic heterocycles. The minimum Gasteiger partial charge on any atom is -0.497 e. The predicted molar refractivity (Wildman–Crippen MR) is 134 cm³/mol. The van der Waals surface area contributed by atoms with Crippen molar-refractivity contribution in [1.29, 1.82) is 0 Å². The summed E-state index contributed by atoms with van der Waals surface area (Å²) in [5.74, 6) is 0.135. The third kappa shape index (κ3) is 6.32. The van der Waals surface area contributed by atoms with E-state index in [1.165, 1.54) is 0 Å². The van der Waals surface area contributed by atoms with Crippen LogP contribution in [0.25, 0.3) is 0 Å². The molecule has 0 saturated carbocycles. The molecule has 0 radical (unpaired) electrons. The SMILES string of the molecule is CCCN1C(=O)NC(c2cccc(NC(=O)Nc3cccc(OC)c3)c2)C(C(=O)OC(C)C)=C1C. The summed E-state index contributed by atoms with van der Waals surface area (Å²) in [5.41, 5.74) is 2.64. The van der Waals surface area contributed by atoms with Crippen LogP contribution in [0.3, 0.4) is 0 Å². The van der Waals surface area contributed by atoms with Gasteiger partial charge in [-0.15, -0.1) is 0 Å². The molecule has 1 aliphatic rings. The van der Waals surface area contributed by atoms with Gasteiger partial charge in [-0.25, -0.2) is 14.4 Å². The first kappa shape index (κ1) is 25.6. The molecule has 186 valence electrons. The van der Waals surface area contributed by atoms with Crippen LogP contribution in [0.1, 0.15) is 45.7 Å². The molecule has 0 spiro atoms. The van der Waals surface area contributed by atoms with Gasteiger partial charge in [-0.1, -0.05) is 25.1 Å². The second-order valence-corrected chi connectivity index (χ2v) is 8.42. The minimum atomic E-state index is -0.718. The van der Waals surface area contributed by atoms with Crippen LogP contribution in [-0.4, -0.2) is 42.7 Å². The highest BCUT2D eigenvalue weighted by Gasteiger charge is 2.36. The maximum absolute atomic E-state index is 13.0. The summed E-state index contributed by atoms with van der Waals surface area (Å²) in [7, 11) is 1.55. The van der Waals surface area contributed by atoms with Crippen molar-refractivity contribution in [2.75, 3.05) is 24.3 Å². The lowest BCUT2D eigenvalue weighted by atomic mass is 9.94. The average Bonchev–Trinajstić information content (AvgIpc) is 2.81. The van der Waals surface area contributed by atoms with Crippen LogP contribution in [0.4, 0.5) is 21.0 Å². The second-order valence-electron chi connectivity index (χ2n) is 8.42. The lowest BCUT2D eigenvalue weighted by Crippen LogP contribution is -2.48. The van der Waals surface area contributed by atoms with Gasteiger partial charge in [0.1, 0.15) is 5.75 Å². The van der Waals surface area contributed by atoms with Crippen molar-refractivity contribution in [2.24, 2.45) is 0 Å². The summed E-state index contributed by atoms with van der Waals surface area (Å²) in [6.45, 7) is 7.75. The highest BCUT2D eigenvalue weighted by molar-refractivity contribution is 6.00. The number of anilines is 2. The fraction of sp³-hybridized carbons (Fsp3) is 0.346. The van der Waals surface area contributed by atoms with Crippen molar-refractivity contribution in [3.63, 3.8) is 0 Å². The molecular formula is C26H32N4O5. The zero-order chi connectivity index (χ0) is 25.5. The molecule has 1 heterocycles. The largest absolute Gasteiger partial charge is 0.497 e. The van der Waals surface area contributed by atoms with E-state index in [1.54, 1.807) is 81.3 Å². The van der Waals surface area contributed by atoms with E-state index in [4.69, 9.17) is 9.47 Å². The van der Waals surface area contributed by atoms with Crippen LogP contribution in [0.2, 0.25) is 0 Å². The molecule has 0 fully saturated rings. The number of methoxy groups -OCH3 is 1. The molecule has 2 aromatic carbocycles. The van der Waals surface area contributed by atoms with Crippen molar-refractivity contribution in [3.05, 3.63) is 65.4 Å². The fourth-order valence-electron chi connectivity index (χ4n) is 3.86. The van der Waals surface area contributed by atoms with Crippen molar-refractivity contribution >= 4 is 29.4 Å². The van der Waals surface area contributed by atoms with Gasteiger partial charge in [0.25, 0.3) is 0 Å². The average molecular weight is 481 g/mol. The summed E-state index contributed by atoms with van der Waals surface area (Å²) < 4.78 is 10.7. The van der Waals surface area contributed by atoms with E-state index in [2.05, 4.69) is 16.0 Å². The van der Waals surface area contributed by atoms with Crippen LogP contribution in [-0.2, 0) is 9.53 Å². The Balaban J connectivity index is 1.86. The Labute approximate surface area is 205 Å². The van der Waals surface area contributed by atoms with Crippen molar-refractivity contribution < 1.29 is 23.9 Å². The summed E-state index contributed by atoms with van der Waals surface area (Å²) >= 11 is 0. The quantitative estimate of drug-likeness (QED) is 0.459. The maximum atomic E-state index is 13.0. The van der Waals surface area contributed by atoms with Crippen LogP contribution in [0.15, 0.2) is 59.8 Å². The number of nitrogens with zero attached hydrogens (tertiary/aromatic N) is 1. The van der Waals surface area contributed by atoms with Gasteiger partial charge >= 0.3 is 18.0 Å². The van der Waals surface area contributed by atoms with Gasteiger partial charge in [-0.05, 0) is 57.0 Å². The molecule has 2 aromatic rings. The molecule has 0 bridgehead atoms. The molecular weight excluding hydrogens is 448 g/mol. The molecule has 3 N–H and O–H groups in total. The van der Waals surface area contributed by atoms with E-state index in [-0.39, 0.29) is 12.1 Å². The molecule has 1 atom stereocenters. The van der Waals surface area contributed by atoms with E-state index >= 15 is 0 Å². The molecule has 9 nitrogen and oxygen atoms in total. The number of urea groups is 2. The number of allylic oxidation sites excluding steroid dienone is 1. The monoisotopic (exact) mass is 480 g/mol. The van der Waals surface area contributed by atoms with Crippen LogP contribution < -0.4 is 20.7 Å². The van der Waals surface area contributed by atoms with Crippen LogP contribution >= 0.6 is 0 Å². The first-order valence-corrected chi connectivity index (χ1v) is 11.5. The van der Waals surface area contributed by atoms with Crippen LogP contribution in [0, 0.1) is 0 Å². The van der Waals surface area contributed by atoms with E-state index in [0.717, 1.165) is 6.42 Å². The lowest BCUT2D eigenvalue weighted by Gasteiger charge is -2.35. The Morgan fingerprint density at radius 2 is 1.74 bits per heavy atom.